The van der Waals surface area contributed by atoms with Crippen molar-refractivity contribution in [1.82, 2.24) is 9.97 Å². The van der Waals surface area contributed by atoms with Gasteiger partial charge in [-0.2, -0.15) is 0 Å². The first kappa shape index (κ1) is 20.4. The standard InChI is InChI=1S/C18H16N4O5S2/c1-12(27-17(24)15-4-2-11-28-15)16(23)21-13-5-7-14(8-6-13)29(25,26)22-18-19-9-3-10-20-18/h2-12H,1H3,(H,21,23)(H,19,20,22)/t12-/m1/s1. The molecular formula is C18H16N4O5S2. The normalized spacial score (nSPS) is 12.0. The number of hydrogen-bond acceptors (Lipinski definition) is 8. The van der Waals surface area contributed by atoms with Crippen LogP contribution in [0.4, 0.5) is 11.6 Å². The lowest BCUT2D eigenvalue weighted by Crippen LogP contribution is -2.29. The molecule has 0 bridgehead atoms. The van der Waals surface area contributed by atoms with Gasteiger partial charge in [0.1, 0.15) is 4.88 Å². The molecule has 0 aliphatic heterocycles. The number of anilines is 2. The molecule has 0 fully saturated rings. The van der Waals surface area contributed by atoms with Crippen LogP contribution in [0.25, 0.3) is 0 Å². The van der Waals surface area contributed by atoms with Crippen LogP contribution in [0, 0.1) is 0 Å². The topological polar surface area (TPSA) is 127 Å². The number of carbonyl (C=O) groups is 2. The van der Waals surface area contributed by atoms with E-state index in [9.17, 15) is 18.0 Å². The van der Waals surface area contributed by atoms with Gasteiger partial charge in [0.2, 0.25) is 5.95 Å². The summed E-state index contributed by atoms with van der Waals surface area (Å²) in [5.41, 5.74) is 0.351. The Morgan fingerprint density at radius 3 is 2.38 bits per heavy atom. The molecule has 0 spiro atoms. The first-order valence-corrected chi connectivity index (χ1v) is 10.7. The van der Waals surface area contributed by atoms with E-state index in [1.54, 1.807) is 23.6 Å². The summed E-state index contributed by atoms with van der Waals surface area (Å²) in [5.74, 6) is -1.18. The summed E-state index contributed by atoms with van der Waals surface area (Å²) < 4.78 is 32.1. The highest BCUT2D eigenvalue weighted by Crippen LogP contribution is 2.17. The summed E-state index contributed by atoms with van der Waals surface area (Å²) in [7, 11) is -3.87. The lowest BCUT2D eigenvalue weighted by molar-refractivity contribution is -0.123. The summed E-state index contributed by atoms with van der Waals surface area (Å²) in [6, 6.07) is 10.4. The third-order valence-corrected chi connectivity index (χ3v) is 5.79. The molecule has 3 rings (SSSR count). The molecule has 2 N–H and O–H groups in total. The number of carbonyl (C=O) groups excluding carboxylic acids is 2. The second-order valence-corrected chi connectivity index (χ2v) is 8.35. The zero-order chi connectivity index (χ0) is 20.9. The van der Waals surface area contributed by atoms with Crippen molar-refractivity contribution in [2.75, 3.05) is 10.0 Å². The fourth-order valence-electron chi connectivity index (χ4n) is 2.16. The van der Waals surface area contributed by atoms with Gasteiger partial charge < -0.3 is 10.1 Å². The van der Waals surface area contributed by atoms with Gasteiger partial charge in [-0.25, -0.2) is 27.9 Å². The molecule has 3 aromatic rings. The molecule has 0 unspecified atom stereocenters. The predicted molar refractivity (Wildman–Crippen MR) is 107 cm³/mol. The second-order valence-electron chi connectivity index (χ2n) is 5.72. The number of thiophene rings is 1. The molecule has 29 heavy (non-hydrogen) atoms. The molecule has 1 aromatic carbocycles. The van der Waals surface area contributed by atoms with Crippen molar-refractivity contribution >= 4 is 44.9 Å². The zero-order valence-corrected chi connectivity index (χ0v) is 16.7. The van der Waals surface area contributed by atoms with Crippen molar-refractivity contribution in [3.8, 4) is 0 Å². The molecular weight excluding hydrogens is 416 g/mol. The van der Waals surface area contributed by atoms with Crippen LogP contribution in [-0.4, -0.2) is 36.4 Å². The average molecular weight is 432 g/mol. The van der Waals surface area contributed by atoms with Gasteiger partial charge >= 0.3 is 5.97 Å². The zero-order valence-electron chi connectivity index (χ0n) is 15.1. The van der Waals surface area contributed by atoms with Crippen LogP contribution in [0.2, 0.25) is 0 Å². The maximum Gasteiger partial charge on any atom is 0.349 e. The van der Waals surface area contributed by atoms with Crippen molar-refractivity contribution in [1.29, 1.82) is 0 Å². The quantitative estimate of drug-likeness (QED) is 0.549. The van der Waals surface area contributed by atoms with E-state index in [0.717, 1.165) is 0 Å². The second kappa shape index (κ2) is 8.80. The van der Waals surface area contributed by atoms with Crippen molar-refractivity contribution in [3.63, 3.8) is 0 Å². The molecule has 1 atom stereocenters. The van der Waals surface area contributed by atoms with Gasteiger partial charge in [0.05, 0.1) is 4.90 Å². The number of benzene rings is 1. The summed E-state index contributed by atoms with van der Waals surface area (Å²) in [6.45, 7) is 1.45. The van der Waals surface area contributed by atoms with Crippen molar-refractivity contribution in [3.05, 3.63) is 65.1 Å². The van der Waals surface area contributed by atoms with E-state index in [1.807, 2.05) is 0 Å². The third-order valence-electron chi connectivity index (χ3n) is 3.60. The van der Waals surface area contributed by atoms with Crippen LogP contribution >= 0.6 is 11.3 Å². The number of esters is 1. The van der Waals surface area contributed by atoms with Crippen molar-refractivity contribution < 1.29 is 22.7 Å². The molecule has 2 aromatic heterocycles. The minimum absolute atomic E-state index is 0.0277. The highest BCUT2D eigenvalue weighted by molar-refractivity contribution is 7.92. The van der Waals surface area contributed by atoms with E-state index in [0.29, 0.717) is 10.6 Å². The largest absolute Gasteiger partial charge is 0.448 e. The number of sulfonamides is 1. The fraction of sp³-hybridized carbons (Fsp3) is 0.111. The van der Waals surface area contributed by atoms with Crippen molar-refractivity contribution in [2.45, 2.75) is 17.9 Å². The molecule has 150 valence electrons. The lowest BCUT2D eigenvalue weighted by atomic mass is 10.3. The van der Waals surface area contributed by atoms with Crippen LogP contribution in [0.1, 0.15) is 16.6 Å². The maximum absolute atomic E-state index is 12.3. The molecule has 2 heterocycles. The smallest absolute Gasteiger partial charge is 0.349 e. The molecule has 0 aliphatic rings. The summed E-state index contributed by atoms with van der Waals surface area (Å²) in [4.78, 5) is 32.1. The van der Waals surface area contributed by atoms with Crippen LogP contribution in [0.5, 0.6) is 0 Å². The number of aromatic nitrogens is 2. The SMILES string of the molecule is C[C@@H](OC(=O)c1cccs1)C(=O)Nc1ccc(S(=O)(=O)Nc2ncccn2)cc1. The molecule has 1 amide bonds. The predicted octanol–water partition coefficient (Wildman–Crippen LogP) is 2.52. The number of hydrogen-bond donors (Lipinski definition) is 2. The molecule has 11 heteroatoms. The summed E-state index contributed by atoms with van der Waals surface area (Å²) in [5, 5.41) is 4.30. The van der Waals surface area contributed by atoms with E-state index >= 15 is 0 Å². The summed E-state index contributed by atoms with van der Waals surface area (Å²) >= 11 is 1.22. The van der Waals surface area contributed by atoms with Gasteiger partial charge in [0, 0.05) is 18.1 Å². The Morgan fingerprint density at radius 1 is 1.07 bits per heavy atom. The van der Waals surface area contributed by atoms with Gasteiger partial charge in [-0.3, -0.25) is 4.79 Å². The van der Waals surface area contributed by atoms with Crippen LogP contribution in [0.3, 0.4) is 0 Å². The first-order chi connectivity index (χ1) is 13.8. The number of amides is 1. The average Bonchev–Trinajstić information content (AvgIpc) is 3.24. The Labute approximate surface area is 170 Å². The highest BCUT2D eigenvalue weighted by atomic mass is 32.2. The van der Waals surface area contributed by atoms with E-state index in [-0.39, 0.29) is 10.8 Å². The maximum atomic E-state index is 12.3. The van der Waals surface area contributed by atoms with E-state index in [1.165, 1.54) is 54.9 Å². The lowest BCUT2D eigenvalue weighted by Gasteiger charge is -2.13. The minimum atomic E-state index is -3.87. The van der Waals surface area contributed by atoms with Crippen LogP contribution in [0.15, 0.2) is 65.1 Å². The Hall–Kier alpha value is -3.31. The number of rotatable bonds is 7. The van der Waals surface area contributed by atoms with Crippen LogP contribution < -0.4 is 10.0 Å². The van der Waals surface area contributed by atoms with Crippen LogP contribution in [-0.2, 0) is 19.6 Å². The third kappa shape index (κ3) is 5.36. The first-order valence-electron chi connectivity index (χ1n) is 8.30. The van der Waals surface area contributed by atoms with Gasteiger partial charge in [-0.15, -0.1) is 11.3 Å². The van der Waals surface area contributed by atoms with Gasteiger partial charge in [-0.05, 0) is 48.7 Å². The fourth-order valence-corrected chi connectivity index (χ4v) is 3.72. The van der Waals surface area contributed by atoms with Gasteiger partial charge in [-0.1, -0.05) is 6.07 Å². The Kier molecular flexibility index (Phi) is 6.20. The Balaban J connectivity index is 1.61. The molecule has 0 aliphatic carbocycles. The molecule has 0 saturated carbocycles. The van der Waals surface area contributed by atoms with E-state index in [4.69, 9.17) is 4.74 Å². The molecule has 0 radical (unpaired) electrons. The van der Waals surface area contributed by atoms with E-state index < -0.39 is 28.0 Å². The summed E-state index contributed by atoms with van der Waals surface area (Å²) in [6.07, 6.45) is 1.80. The van der Waals surface area contributed by atoms with Crippen molar-refractivity contribution in [2.24, 2.45) is 0 Å². The number of ether oxygens (including phenoxy) is 1. The van der Waals surface area contributed by atoms with Gasteiger partial charge in [0.15, 0.2) is 6.10 Å². The Morgan fingerprint density at radius 2 is 1.76 bits per heavy atom. The van der Waals surface area contributed by atoms with E-state index in [2.05, 4.69) is 20.0 Å². The molecule has 0 saturated heterocycles. The monoisotopic (exact) mass is 432 g/mol. The number of nitrogens with one attached hydrogen (secondary N) is 2. The number of nitrogens with zero attached hydrogens (tertiary/aromatic N) is 2. The molecule has 9 nitrogen and oxygen atoms in total. The Bertz CT molecular complexity index is 1090. The highest BCUT2D eigenvalue weighted by Gasteiger charge is 2.20. The van der Waals surface area contributed by atoms with Gasteiger partial charge in [0.25, 0.3) is 15.9 Å². The minimum Gasteiger partial charge on any atom is -0.448 e.